The zero-order valence-electron chi connectivity index (χ0n) is 15.5. The number of phenols is 1. The summed E-state index contributed by atoms with van der Waals surface area (Å²) < 4.78 is 19.0. The quantitative estimate of drug-likeness (QED) is 0.356. The number of nitrogens with zero attached hydrogens (tertiary/aromatic N) is 2. The predicted molar refractivity (Wildman–Crippen MR) is 114 cm³/mol. The van der Waals surface area contributed by atoms with Gasteiger partial charge in [0.2, 0.25) is 5.89 Å². The first kappa shape index (κ1) is 19.4. The summed E-state index contributed by atoms with van der Waals surface area (Å²) in [5.41, 5.74) is 4.37. The van der Waals surface area contributed by atoms with Crippen molar-refractivity contribution in [2.45, 2.75) is 13.8 Å². The molecule has 1 heterocycles. The Balaban J connectivity index is 1.70. The minimum atomic E-state index is -0.429. The second-order valence-corrected chi connectivity index (χ2v) is 7.40. The molecule has 1 N–H and O–H groups in total. The number of aromatic hydroxyl groups is 1. The summed E-state index contributed by atoms with van der Waals surface area (Å²) >= 11 is 12.4. The number of oxazole rings is 1. The van der Waals surface area contributed by atoms with Crippen molar-refractivity contribution in [3.8, 4) is 17.2 Å². The molecule has 3 aromatic carbocycles. The van der Waals surface area contributed by atoms with Crippen molar-refractivity contribution in [3.05, 3.63) is 75.0 Å². The lowest BCUT2D eigenvalue weighted by Gasteiger charge is -2.08. The number of rotatable bonds is 3. The van der Waals surface area contributed by atoms with E-state index in [4.69, 9.17) is 27.6 Å². The van der Waals surface area contributed by atoms with Crippen LogP contribution in [-0.4, -0.2) is 16.3 Å². The largest absolute Gasteiger partial charge is 0.507 e. The molecule has 0 fully saturated rings. The van der Waals surface area contributed by atoms with Crippen LogP contribution < -0.4 is 0 Å². The molecule has 0 atom stereocenters. The van der Waals surface area contributed by atoms with Crippen LogP contribution in [0.1, 0.15) is 16.7 Å². The fourth-order valence-electron chi connectivity index (χ4n) is 3.03. The second-order valence-electron chi connectivity index (χ2n) is 6.62. The fraction of sp³-hybridized carbons (Fsp3) is 0.0909. The van der Waals surface area contributed by atoms with Gasteiger partial charge in [-0.15, -0.1) is 0 Å². The molecule has 0 saturated heterocycles. The van der Waals surface area contributed by atoms with E-state index in [0.29, 0.717) is 38.8 Å². The number of hydrogen-bond acceptors (Lipinski definition) is 4. The van der Waals surface area contributed by atoms with Crippen molar-refractivity contribution in [1.82, 2.24) is 4.98 Å². The Bertz CT molecular complexity index is 1280. The number of phenolic OH excluding ortho intramolecular Hbond substituents is 1. The van der Waals surface area contributed by atoms with E-state index in [-0.39, 0.29) is 10.8 Å². The van der Waals surface area contributed by atoms with E-state index in [1.54, 1.807) is 30.5 Å². The molecule has 7 heteroatoms. The Kier molecular flexibility index (Phi) is 5.03. The highest BCUT2D eigenvalue weighted by molar-refractivity contribution is 6.33. The molecule has 4 aromatic rings. The molecule has 0 spiro atoms. The standard InChI is InChI=1S/C22H15Cl2FN2O2/c1-11-7-19(28)16(12(2)21(11)24)10-26-14-4-6-20-18(9-14)27-22(29-20)15-5-3-13(25)8-17(15)23/h3-10,28H,1-2H3. The molecular formula is C22H15Cl2FN2O2. The molecule has 0 aliphatic heterocycles. The molecule has 0 aliphatic carbocycles. The van der Waals surface area contributed by atoms with Gasteiger partial charge in [0.15, 0.2) is 5.58 Å². The van der Waals surface area contributed by atoms with Gasteiger partial charge in [0, 0.05) is 16.8 Å². The molecule has 0 saturated carbocycles. The van der Waals surface area contributed by atoms with E-state index in [2.05, 4.69) is 9.98 Å². The number of hydrogen-bond donors (Lipinski definition) is 1. The topological polar surface area (TPSA) is 58.6 Å². The van der Waals surface area contributed by atoms with Crippen LogP contribution in [0.3, 0.4) is 0 Å². The summed E-state index contributed by atoms with van der Waals surface area (Å²) in [6.07, 6.45) is 1.56. The Morgan fingerprint density at radius 3 is 2.66 bits per heavy atom. The number of aromatic nitrogens is 1. The number of fused-ring (bicyclic) bond motifs is 1. The van der Waals surface area contributed by atoms with E-state index >= 15 is 0 Å². The zero-order valence-corrected chi connectivity index (χ0v) is 17.0. The van der Waals surface area contributed by atoms with Crippen molar-refractivity contribution in [1.29, 1.82) is 0 Å². The highest BCUT2D eigenvalue weighted by Gasteiger charge is 2.13. The summed E-state index contributed by atoms with van der Waals surface area (Å²) in [6.45, 7) is 3.66. The number of aliphatic imine (C=N–C) groups is 1. The smallest absolute Gasteiger partial charge is 0.228 e. The maximum absolute atomic E-state index is 13.3. The summed E-state index contributed by atoms with van der Waals surface area (Å²) in [6, 6.07) is 10.9. The molecule has 0 unspecified atom stereocenters. The molecule has 4 rings (SSSR count). The minimum Gasteiger partial charge on any atom is -0.507 e. The number of halogens is 3. The lowest BCUT2D eigenvalue weighted by Crippen LogP contribution is -1.92. The molecule has 0 amide bonds. The van der Waals surface area contributed by atoms with Crippen LogP contribution >= 0.6 is 23.2 Å². The third kappa shape index (κ3) is 3.71. The Labute approximate surface area is 176 Å². The van der Waals surface area contributed by atoms with Gasteiger partial charge in [0.1, 0.15) is 17.1 Å². The maximum atomic E-state index is 13.3. The van der Waals surface area contributed by atoms with Crippen LogP contribution in [0.15, 0.2) is 51.9 Å². The van der Waals surface area contributed by atoms with E-state index in [1.165, 1.54) is 18.2 Å². The minimum absolute atomic E-state index is 0.115. The third-order valence-electron chi connectivity index (χ3n) is 4.58. The van der Waals surface area contributed by atoms with E-state index in [9.17, 15) is 9.50 Å². The lowest BCUT2D eigenvalue weighted by molar-refractivity contribution is 0.473. The first-order chi connectivity index (χ1) is 13.8. The predicted octanol–water partition coefficient (Wildman–Crippen LogP) is 7.01. The highest BCUT2D eigenvalue weighted by Crippen LogP contribution is 2.33. The molecule has 0 aliphatic rings. The van der Waals surface area contributed by atoms with Crippen LogP contribution in [0.4, 0.5) is 10.1 Å². The summed E-state index contributed by atoms with van der Waals surface area (Å²) in [4.78, 5) is 8.86. The van der Waals surface area contributed by atoms with Gasteiger partial charge in [-0.2, -0.15) is 0 Å². The van der Waals surface area contributed by atoms with Gasteiger partial charge in [0.05, 0.1) is 16.3 Å². The number of benzene rings is 3. The van der Waals surface area contributed by atoms with Gasteiger partial charge in [0.25, 0.3) is 0 Å². The van der Waals surface area contributed by atoms with Gasteiger partial charge in [-0.25, -0.2) is 9.37 Å². The van der Waals surface area contributed by atoms with Crippen molar-refractivity contribution < 1.29 is 13.9 Å². The third-order valence-corrected chi connectivity index (χ3v) is 5.48. The van der Waals surface area contributed by atoms with Gasteiger partial charge in [-0.05, 0) is 67.4 Å². The Morgan fingerprint density at radius 2 is 1.90 bits per heavy atom. The van der Waals surface area contributed by atoms with E-state index < -0.39 is 5.82 Å². The molecule has 0 radical (unpaired) electrons. The molecule has 4 nitrogen and oxygen atoms in total. The van der Waals surface area contributed by atoms with Crippen LogP contribution in [0, 0.1) is 19.7 Å². The highest BCUT2D eigenvalue weighted by atomic mass is 35.5. The SMILES string of the molecule is Cc1cc(O)c(C=Nc2ccc3oc(-c4ccc(F)cc4Cl)nc3c2)c(C)c1Cl. The van der Waals surface area contributed by atoms with Gasteiger partial charge in [-0.1, -0.05) is 23.2 Å². The summed E-state index contributed by atoms with van der Waals surface area (Å²) in [5.74, 6) is -0.0184. The molecule has 29 heavy (non-hydrogen) atoms. The summed E-state index contributed by atoms with van der Waals surface area (Å²) in [5, 5.41) is 11.0. The average molecular weight is 429 g/mol. The fourth-order valence-corrected chi connectivity index (χ4v) is 3.43. The average Bonchev–Trinajstić information content (AvgIpc) is 3.09. The first-order valence-electron chi connectivity index (χ1n) is 8.72. The van der Waals surface area contributed by atoms with Crippen LogP contribution in [0.5, 0.6) is 5.75 Å². The second kappa shape index (κ2) is 7.50. The van der Waals surface area contributed by atoms with Crippen LogP contribution in [0.25, 0.3) is 22.6 Å². The molecule has 0 bridgehead atoms. The number of aryl methyl sites for hydroxylation is 1. The van der Waals surface area contributed by atoms with Gasteiger partial charge in [-0.3, -0.25) is 4.99 Å². The van der Waals surface area contributed by atoms with E-state index in [1.807, 2.05) is 13.8 Å². The lowest BCUT2D eigenvalue weighted by atomic mass is 10.0. The van der Waals surface area contributed by atoms with Gasteiger partial charge >= 0.3 is 0 Å². The normalized spacial score (nSPS) is 11.6. The zero-order chi connectivity index (χ0) is 20.7. The monoisotopic (exact) mass is 428 g/mol. The van der Waals surface area contributed by atoms with Crippen LogP contribution in [0.2, 0.25) is 10.0 Å². The van der Waals surface area contributed by atoms with Gasteiger partial charge < -0.3 is 9.52 Å². The van der Waals surface area contributed by atoms with Crippen molar-refractivity contribution in [2.75, 3.05) is 0 Å². The van der Waals surface area contributed by atoms with Crippen LogP contribution in [-0.2, 0) is 0 Å². The molecular weight excluding hydrogens is 414 g/mol. The van der Waals surface area contributed by atoms with Crippen molar-refractivity contribution in [3.63, 3.8) is 0 Å². The Morgan fingerprint density at radius 1 is 1.10 bits per heavy atom. The van der Waals surface area contributed by atoms with E-state index in [0.717, 1.165) is 11.1 Å². The van der Waals surface area contributed by atoms with Crippen molar-refractivity contribution in [2.24, 2.45) is 4.99 Å². The molecule has 146 valence electrons. The molecule has 1 aromatic heterocycles. The maximum Gasteiger partial charge on any atom is 0.228 e. The van der Waals surface area contributed by atoms with Crippen molar-refractivity contribution >= 4 is 46.2 Å². The Hall–Kier alpha value is -2.89. The summed E-state index contributed by atoms with van der Waals surface area (Å²) in [7, 11) is 0. The first-order valence-corrected chi connectivity index (χ1v) is 9.48.